The van der Waals surface area contributed by atoms with Crippen LogP contribution in [0.25, 0.3) is 12.2 Å². The molecule has 2 nitrogen and oxygen atoms in total. The van der Waals surface area contributed by atoms with E-state index in [0.29, 0.717) is 8.95 Å². The number of aromatic hydroxyl groups is 1. The van der Waals surface area contributed by atoms with Gasteiger partial charge in [-0.05, 0) is 67.3 Å². The largest absolute Gasteiger partial charge is 0.506 e. The van der Waals surface area contributed by atoms with E-state index >= 15 is 0 Å². The number of rotatable bonds is 2. The van der Waals surface area contributed by atoms with Crippen LogP contribution in [-0.4, -0.2) is 5.11 Å². The second-order valence-electron chi connectivity index (χ2n) is 3.83. The molecule has 0 unspecified atom stereocenters. The van der Waals surface area contributed by atoms with E-state index in [4.69, 9.17) is 5.73 Å². The van der Waals surface area contributed by atoms with Crippen LogP contribution in [0.5, 0.6) is 5.75 Å². The Morgan fingerprint density at radius 1 is 0.889 bits per heavy atom. The first-order chi connectivity index (χ1) is 8.56. The van der Waals surface area contributed by atoms with Crippen LogP contribution in [0, 0.1) is 0 Å². The van der Waals surface area contributed by atoms with E-state index in [0.717, 1.165) is 16.8 Å². The lowest BCUT2D eigenvalue weighted by atomic mass is 10.1. The van der Waals surface area contributed by atoms with Crippen LogP contribution in [0.15, 0.2) is 45.3 Å². The van der Waals surface area contributed by atoms with E-state index in [1.807, 2.05) is 48.6 Å². The van der Waals surface area contributed by atoms with Gasteiger partial charge in [0, 0.05) is 5.69 Å². The van der Waals surface area contributed by atoms with Gasteiger partial charge in [0.1, 0.15) is 5.75 Å². The van der Waals surface area contributed by atoms with E-state index in [9.17, 15) is 5.11 Å². The van der Waals surface area contributed by atoms with Gasteiger partial charge in [0.2, 0.25) is 0 Å². The Bertz CT molecular complexity index is 568. The number of phenols is 1. The molecule has 3 N–H and O–H groups in total. The number of nitrogen functional groups attached to an aromatic ring is 1. The van der Waals surface area contributed by atoms with Gasteiger partial charge in [-0.1, -0.05) is 24.3 Å². The summed E-state index contributed by atoms with van der Waals surface area (Å²) >= 11 is 6.60. The minimum Gasteiger partial charge on any atom is -0.506 e. The van der Waals surface area contributed by atoms with Crippen LogP contribution in [0.4, 0.5) is 5.69 Å². The molecular formula is C14H11Br2NO. The van der Waals surface area contributed by atoms with Crippen LogP contribution >= 0.6 is 31.9 Å². The molecule has 2 aromatic carbocycles. The molecule has 0 aliphatic rings. The Hall–Kier alpha value is -1.26. The summed E-state index contributed by atoms with van der Waals surface area (Å²) in [5.41, 5.74) is 8.44. The monoisotopic (exact) mass is 367 g/mol. The minimum atomic E-state index is 0.208. The third-order valence-corrected chi connectivity index (χ3v) is 3.65. The summed E-state index contributed by atoms with van der Waals surface area (Å²) in [5.74, 6) is 0.208. The summed E-state index contributed by atoms with van der Waals surface area (Å²) in [7, 11) is 0. The zero-order valence-electron chi connectivity index (χ0n) is 9.40. The lowest BCUT2D eigenvalue weighted by molar-refractivity contribution is 0.468. The van der Waals surface area contributed by atoms with Crippen molar-refractivity contribution in [3.63, 3.8) is 0 Å². The maximum atomic E-state index is 9.61. The van der Waals surface area contributed by atoms with Crippen LogP contribution in [0.2, 0.25) is 0 Å². The number of hydrogen-bond acceptors (Lipinski definition) is 2. The zero-order chi connectivity index (χ0) is 13.1. The molecular weight excluding hydrogens is 358 g/mol. The molecule has 0 aliphatic carbocycles. The standard InChI is InChI=1S/C14H11Br2NO/c15-12-7-10(8-13(16)14(12)18)2-1-9-3-5-11(17)6-4-9/h1-8,18H,17H2. The third-order valence-electron chi connectivity index (χ3n) is 2.44. The summed E-state index contributed by atoms with van der Waals surface area (Å²) in [6.07, 6.45) is 3.96. The van der Waals surface area contributed by atoms with Crippen molar-refractivity contribution in [2.75, 3.05) is 5.73 Å². The highest BCUT2D eigenvalue weighted by Crippen LogP contribution is 2.33. The average Bonchev–Trinajstić information content (AvgIpc) is 2.35. The molecule has 0 amide bonds. The van der Waals surface area contributed by atoms with Crippen LogP contribution in [-0.2, 0) is 0 Å². The number of halogens is 2. The van der Waals surface area contributed by atoms with Crippen LogP contribution in [0.3, 0.4) is 0 Å². The molecule has 0 heterocycles. The molecule has 0 radical (unpaired) electrons. The van der Waals surface area contributed by atoms with Gasteiger partial charge < -0.3 is 10.8 Å². The Labute approximate surface area is 122 Å². The first-order valence-corrected chi connectivity index (χ1v) is 6.86. The lowest BCUT2D eigenvalue weighted by Crippen LogP contribution is -1.82. The predicted molar refractivity (Wildman–Crippen MR) is 83.3 cm³/mol. The number of anilines is 1. The molecule has 18 heavy (non-hydrogen) atoms. The van der Waals surface area contributed by atoms with Crippen LogP contribution < -0.4 is 5.73 Å². The Morgan fingerprint density at radius 3 is 1.94 bits per heavy atom. The van der Waals surface area contributed by atoms with Crippen molar-refractivity contribution in [3.05, 3.63) is 56.5 Å². The van der Waals surface area contributed by atoms with Crippen molar-refractivity contribution in [2.45, 2.75) is 0 Å². The summed E-state index contributed by atoms with van der Waals surface area (Å²) in [6.45, 7) is 0. The molecule has 4 heteroatoms. The van der Waals surface area contributed by atoms with Crippen molar-refractivity contribution in [3.8, 4) is 5.75 Å². The fourth-order valence-corrected chi connectivity index (χ4v) is 2.70. The second kappa shape index (κ2) is 5.59. The van der Waals surface area contributed by atoms with E-state index < -0.39 is 0 Å². The highest BCUT2D eigenvalue weighted by molar-refractivity contribution is 9.11. The molecule has 2 rings (SSSR count). The van der Waals surface area contributed by atoms with Crippen molar-refractivity contribution in [2.24, 2.45) is 0 Å². The number of nitrogens with two attached hydrogens (primary N) is 1. The molecule has 0 saturated carbocycles. The van der Waals surface area contributed by atoms with Gasteiger partial charge in [-0.15, -0.1) is 0 Å². The maximum Gasteiger partial charge on any atom is 0.143 e. The molecule has 0 spiro atoms. The molecule has 2 aromatic rings. The van der Waals surface area contributed by atoms with E-state index in [1.165, 1.54) is 0 Å². The Balaban J connectivity index is 2.26. The molecule has 0 fully saturated rings. The molecule has 0 aliphatic heterocycles. The Morgan fingerprint density at radius 2 is 1.39 bits per heavy atom. The lowest BCUT2D eigenvalue weighted by Gasteiger charge is -2.02. The van der Waals surface area contributed by atoms with Gasteiger partial charge in [0.05, 0.1) is 8.95 Å². The molecule has 92 valence electrons. The molecule has 0 aromatic heterocycles. The molecule has 0 bridgehead atoms. The molecule has 0 atom stereocenters. The number of hydrogen-bond donors (Lipinski definition) is 2. The van der Waals surface area contributed by atoms with Gasteiger partial charge in [0.15, 0.2) is 0 Å². The number of benzene rings is 2. The fourth-order valence-electron chi connectivity index (χ4n) is 1.48. The predicted octanol–water partition coefficient (Wildman–Crippen LogP) is 4.67. The zero-order valence-corrected chi connectivity index (χ0v) is 12.6. The number of phenolic OH excluding ortho intramolecular Hbond substituents is 1. The van der Waals surface area contributed by atoms with Crippen LogP contribution in [0.1, 0.15) is 11.1 Å². The first kappa shape index (κ1) is 13.2. The second-order valence-corrected chi connectivity index (χ2v) is 5.54. The molecule has 0 saturated heterocycles. The van der Waals surface area contributed by atoms with E-state index in [1.54, 1.807) is 0 Å². The topological polar surface area (TPSA) is 46.2 Å². The minimum absolute atomic E-state index is 0.208. The SMILES string of the molecule is Nc1ccc(C=Cc2cc(Br)c(O)c(Br)c2)cc1. The van der Waals surface area contributed by atoms with Crippen molar-refractivity contribution >= 4 is 49.7 Å². The first-order valence-electron chi connectivity index (χ1n) is 5.28. The van der Waals surface area contributed by atoms with Gasteiger partial charge in [-0.2, -0.15) is 0 Å². The smallest absolute Gasteiger partial charge is 0.143 e. The highest BCUT2D eigenvalue weighted by Gasteiger charge is 2.03. The third kappa shape index (κ3) is 3.15. The van der Waals surface area contributed by atoms with E-state index in [2.05, 4.69) is 31.9 Å². The van der Waals surface area contributed by atoms with Crippen molar-refractivity contribution < 1.29 is 5.11 Å². The van der Waals surface area contributed by atoms with Gasteiger partial charge in [0.25, 0.3) is 0 Å². The quantitative estimate of drug-likeness (QED) is 0.597. The highest BCUT2D eigenvalue weighted by atomic mass is 79.9. The fraction of sp³-hybridized carbons (Fsp3) is 0. The van der Waals surface area contributed by atoms with Gasteiger partial charge in [-0.3, -0.25) is 0 Å². The Kier molecular flexibility index (Phi) is 4.09. The normalized spacial score (nSPS) is 11.0. The summed E-state index contributed by atoms with van der Waals surface area (Å²) < 4.78 is 1.32. The average molecular weight is 369 g/mol. The van der Waals surface area contributed by atoms with Crippen molar-refractivity contribution in [1.82, 2.24) is 0 Å². The van der Waals surface area contributed by atoms with E-state index in [-0.39, 0.29) is 5.75 Å². The van der Waals surface area contributed by atoms with Gasteiger partial charge >= 0.3 is 0 Å². The van der Waals surface area contributed by atoms with Gasteiger partial charge in [-0.25, -0.2) is 0 Å². The summed E-state index contributed by atoms with van der Waals surface area (Å²) in [4.78, 5) is 0. The summed E-state index contributed by atoms with van der Waals surface area (Å²) in [6, 6.07) is 11.3. The summed E-state index contributed by atoms with van der Waals surface area (Å²) in [5, 5.41) is 9.61. The van der Waals surface area contributed by atoms with Crippen molar-refractivity contribution in [1.29, 1.82) is 0 Å². The maximum absolute atomic E-state index is 9.61.